The zero-order valence-electron chi connectivity index (χ0n) is 11.3. The normalized spacial score (nSPS) is 10.6. The molecular formula is C16H23ClO. The van der Waals surface area contributed by atoms with Crippen LogP contribution in [0.1, 0.15) is 61.4 Å². The summed E-state index contributed by atoms with van der Waals surface area (Å²) in [6.07, 6.45) is 8.06. The first kappa shape index (κ1) is 15.2. The molecule has 0 N–H and O–H groups in total. The minimum atomic E-state index is 0.138. The Kier molecular flexibility index (Phi) is 7.75. The van der Waals surface area contributed by atoms with E-state index in [2.05, 4.69) is 19.1 Å². The number of hydrogen-bond acceptors (Lipinski definition) is 1. The van der Waals surface area contributed by atoms with Crippen molar-refractivity contribution < 1.29 is 4.79 Å². The second kappa shape index (κ2) is 9.16. The molecule has 1 aromatic carbocycles. The quantitative estimate of drug-likeness (QED) is 0.349. The van der Waals surface area contributed by atoms with E-state index in [1.54, 1.807) is 0 Å². The van der Waals surface area contributed by atoms with Crippen molar-refractivity contribution in [2.75, 3.05) is 5.88 Å². The van der Waals surface area contributed by atoms with Crippen molar-refractivity contribution in [3.05, 3.63) is 35.4 Å². The highest BCUT2D eigenvalue weighted by Gasteiger charge is 2.04. The van der Waals surface area contributed by atoms with Gasteiger partial charge in [-0.3, -0.25) is 4.79 Å². The molecule has 0 bridgehead atoms. The van der Waals surface area contributed by atoms with Gasteiger partial charge in [0.1, 0.15) is 0 Å². The van der Waals surface area contributed by atoms with Gasteiger partial charge in [0.25, 0.3) is 0 Å². The number of unbranched alkanes of at least 4 members (excludes halogenated alkanes) is 4. The van der Waals surface area contributed by atoms with Gasteiger partial charge >= 0.3 is 0 Å². The number of halogens is 1. The molecule has 0 aliphatic carbocycles. The van der Waals surface area contributed by atoms with Crippen LogP contribution in [0.25, 0.3) is 0 Å². The van der Waals surface area contributed by atoms with Crippen LogP contribution >= 0.6 is 11.6 Å². The van der Waals surface area contributed by atoms with Crippen LogP contribution in [0.15, 0.2) is 24.3 Å². The first-order valence-corrected chi connectivity index (χ1v) is 7.49. The van der Waals surface area contributed by atoms with Gasteiger partial charge in [0, 0.05) is 17.9 Å². The topological polar surface area (TPSA) is 17.1 Å². The first-order valence-electron chi connectivity index (χ1n) is 6.96. The maximum Gasteiger partial charge on any atom is 0.164 e. The Morgan fingerprint density at radius 3 is 2.33 bits per heavy atom. The van der Waals surface area contributed by atoms with E-state index in [0.717, 1.165) is 12.0 Å². The van der Waals surface area contributed by atoms with E-state index in [1.807, 2.05) is 12.1 Å². The standard InChI is InChI=1S/C16H23ClO/c1-2-3-4-5-6-7-14-8-10-15(11-9-14)16(18)12-13-17/h8-11H,2-7,12-13H2,1H3. The molecule has 0 unspecified atom stereocenters. The number of carbonyl (C=O) groups excluding carboxylic acids is 1. The van der Waals surface area contributed by atoms with Gasteiger partial charge in [0.15, 0.2) is 5.78 Å². The first-order chi connectivity index (χ1) is 8.77. The highest BCUT2D eigenvalue weighted by atomic mass is 35.5. The average molecular weight is 267 g/mol. The molecule has 0 spiro atoms. The van der Waals surface area contributed by atoms with E-state index in [-0.39, 0.29) is 5.78 Å². The summed E-state index contributed by atoms with van der Waals surface area (Å²) in [5, 5.41) is 0. The Morgan fingerprint density at radius 1 is 1.06 bits per heavy atom. The molecular weight excluding hydrogens is 244 g/mol. The van der Waals surface area contributed by atoms with Gasteiger partial charge in [-0.1, -0.05) is 56.9 Å². The average Bonchev–Trinajstić information content (AvgIpc) is 2.39. The lowest BCUT2D eigenvalue weighted by atomic mass is 10.0. The van der Waals surface area contributed by atoms with Crippen molar-refractivity contribution in [2.24, 2.45) is 0 Å². The van der Waals surface area contributed by atoms with E-state index in [4.69, 9.17) is 11.6 Å². The van der Waals surface area contributed by atoms with E-state index in [1.165, 1.54) is 37.7 Å². The van der Waals surface area contributed by atoms with E-state index >= 15 is 0 Å². The number of carbonyl (C=O) groups is 1. The Bertz CT molecular complexity index is 343. The number of ketones is 1. The summed E-state index contributed by atoms with van der Waals surface area (Å²) in [5.41, 5.74) is 2.11. The monoisotopic (exact) mass is 266 g/mol. The summed E-state index contributed by atoms with van der Waals surface area (Å²) in [7, 11) is 0. The van der Waals surface area contributed by atoms with E-state index in [0.29, 0.717) is 12.3 Å². The molecule has 1 nitrogen and oxygen atoms in total. The maximum absolute atomic E-state index is 11.6. The zero-order valence-corrected chi connectivity index (χ0v) is 12.0. The lowest BCUT2D eigenvalue weighted by molar-refractivity contribution is 0.0989. The van der Waals surface area contributed by atoms with Crippen LogP contribution in [0.4, 0.5) is 0 Å². The maximum atomic E-state index is 11.6. The Balaban J connectivity index is 2.33. The molecule has 2 heteroatoms. The molecule has 0 amide bonds. The number of Topliss-reactive ketones (excluding diaryl/α,β-unsaturated/α-hetero) is 1. The molecule has 1 rings (SSSR count). The third kappa shape index (κ3) is 5.68. The smallest absolute Gasteiger partial charge is 0.164 e. The van der Waals surface area contributed by atoms with Crippen LogP contribution in [-0.4, -0.2) is 11.7 Å². The largest absolute Gasteiger partial charge is 0.294 e. The van der Waals surface area contributed by atoms with Gasteiger partial charge in [-0.15, -0.1) is 11.6 Å². The summed E-state index contributed by atoms with van der Waals surface area (Å²) in [6.45, 7) is 2.23. The Hall–Kier alpha value is -0.820. The molecule has 0 aromatic heterocycles. The fraction of sp³-hybridized carbons (Fsp3) is 0.562. The highest BCUT2D eigenvalue weighted by Crippen LogP contribution is 2.11. The molecule has 0 saturated carbocycles. The highest BCUT2D eigenvalue weighted by molar-refractivity contribution is 6.19. The lowest BCUT2D eigenvalue weighted by Gasteiger charge is -2.03. The predicted octanol–water partition coefficient (Wildman–Crippen LogP) is 5.01. The van der Waals surface area contributed by atoms with Crippen LogP contribution in [0.3, 0.4) is 0 Å². The van der Waals surface area contributed by atoms with Gasteiger partial charge < -0.3 is 0 Å². The number of aryl methyl sites for hydroxylation is 1. The van der Waals surface area contributed by atoms with Crippen molar-refractivity contribution in [1.29, 1.82) is 0 Å². The molecule has 0 heterocycles. The predicted molar refractivity (Wildman–Crippen MR) is 78.6 cm³/mol. The molecule has 0 radical (unpaired) electrons. The van der Waals surface area contributed by atoms with Gasteiger partial charge in [-0.2, -0.15) is 0 Å². The van der Waals surface area contributed by atoms with Crippen molar-refractivity contribution in [3.8, 4) is 0 Å². The molecule has 1 aromatic rings. The van der Waals surface area contributed by atoms with E-state index < -0.39 is 0 Å². The molecule has 100 valence electrons. The minimum absolute atomic E-state index is 0.138. The summed E-state index contributed by atoms with van der Waals surface area (Å²) >= 11 is 5.57. The van der Waals surface area contributed by atoms with Gasteiger partial charge in [-0.25, -0.2) is 0 Å². The Morgan fingerprint density at radius 2 is 1.72 bits per heavy atom. The number of benzene rings is 1. The van der Waals surface area contributed by atoms with Crippen molar-refractivity contribution >= 4 is 17.4 Å². The van der Waals surface area contributed by atoms with Crippen LogP contribution in [0, 0.1) is 0 Å². The zero-order chi connectivity index (χ0) is 13.2. The van der Waals surface area contributed by atoms with Gasteiger partial charge in [-0.05, 0) is 18.4 Å². The van der Waals surface area contributed by atoms with Crippen LogP contribution in [0.5, 0.6) is 0 Å². The molecule has 0 fully saturated rings. The number of alkyl halides is 1. The van der Waals surface area contributed by atoms with Crippen molar-refractivity contribution in [2.45, 2.75) is 51.9 Å². The SMILES string of the molecule is CCCCCCCc1ccc(C(=O)CCCl)cc1. The third-order valence-corrected chi connectivity index (χ3v) is 3.36. The van der Waals surface area contributed by atoms with Gasteiger partial charge in [0.2, 0.25) is 0 Å². The third-order valence-electron chi connectivity index (χ3n) is 3.17. The second-order valence-electron chi connectivity index (χ2n) is 4.72. The fourth-order valence-electron chi connectivity index (χ4n) is 2.02. The molecule has 0 saturated heterocycles. The Labute approximate surface area is 116 Å². The second-order valence-corrected chi connectivity index (χ2v) is 5.10. The molecule has 0 atom stereocenters. The summed E-state index contributed by atoms with van der Waals surface area (Å²) in [4.78, 5) is 11.6. The molecule has 0 aliphatic heterocycles. The molecule has 18 heavy (non-hydrogen) atoms. The van der Waals surface area contributed by atoms with Crippen molar-refractivity contribution in [1.82, 2.24) is 0 Å². The van der Waals surface area contributed by atoms with E-state index in [9.17, 15) is 4.79 Å². The van der Waals surface area contributed by atoms with Gasteiger partial charge in [0.05, 0.1) is 0 Å². The minimum Gasteiger partial charge on any atom is -0.294 e. The summed E-state index contributed by atoms with van der Waals surface area (Å²) < 4.78 is 0. The summed E-state index contributed by atoms with van der Waals surface area (Å²) in [6, 6.07) is 8.00. The summed E-state index contributed by atoms with van der Waals surface area (Å²) in [5.74, 6) is 0.539. The van der Waals surface area contributed by atoms with Crippen LogP contribution in [0.2, 0.25) is 0 Å². The number of hydrogen-bond donors (Lipinski definition) is 0. The lowest BCUT2D eigenvalue weighted by Crippen LogP contribution is -1.99. The fourth-order valence-corrected chi connectivity index (χ4v) is 2.19. The van der Waals surface area contributed by atoms with Crippen molar-refractivity contribution in [3.63, 3.8) is 0 Å². The molecule has 0 aliphatic rings. The number of rotatable bonds is 9. The van der Waals surface area contributed by atoms with Crippen LogP contribution < -0.4 is 0 Å². The van der Waals surface area contributed by atoms with Crippen LogP contribution in [-0.2, 0) is 6.42 Å².